The van der Waals surface area contributed by atoms with Gasteiger partial charge in [-0.25, -0.2) is 0 Å². The van der Waals surface area contributed by atoms with Crippen LogP contribution in [0.5, 0.6) is 0 Å². The van der Waals surface area contributed by atoms with Crippen molar-refractivity contribution < 1.29 is 4.74 Å². The Morgan fingerprint density at radius 2 is 2.18 bits per heavy atom. The van der Waals surface area contributed by atoms with Crippen molar-refractivity contribution in [2.45, 2.75) is 31.4 Å². The van der Waals surface area contributed by atoms with Crippen molar-refractivity contribution in [3.05, 3.63) is 28.2 Å². The van der Waals surface area contributed by atoms with Gasteiger partial charge in [-0.15, -0.1) is 0 Å². The molecule has 4 heteroatoms. The summed E-state index contributed by atoms with van der Waals surface area (Å²) < 4.78 is 6.42. The lowest BCUT2D eigenvalue weighted by Crippen LogP contribution is -2.58. The van der Waals surface area contributed by atoms with Gasteiger partial charge in [0.25, 0.3) is 0 Å². The van der Waals surface area contributed by atoms with E-state index >= 15 is 0 Å². The summed E-state index contributed by atoms with van der Waals surface area (Å²) >= 11 is 3.51. The zero-order valence-corrected chi connectivity index (χ0v) is 11.9. The van der Waals surface area contributed by atoms with Gasteiger partial charge in [-0.05, 0) is 43.5 Å². The van der Waals surface area contributed by atoms with Gasteiger partial charge in [-0.1, -0.05) is 15.9 Å². The number of hydrogen-bond acceptors (Lipinski definition) is 3. The Kier molecular flexibility index (Phi) is 3.76. The molecular weight excluding hydrogens is 280 g/mol. The van der Waals surface area contributed by atoms with Gasteiger partial charge in [0.1, 0.15) is 0 Å². The molecule has 0 saturated heterocycles. The molecule has 0 radical (unpaired) electrons. The second-order valence-electron chi connectivity index (χ2n) is 4.89. The minimum Gasteiger partial charge on any atom is -0.381 e. The summed E-state index contributed by atoms with van der Waals surface area (Å²) in [7, 11) is 1.76. The standard InChI is InChI=1S/C13H19BrN2O/c1-9-3-10(14)5-11(4-9)16-13(8-15)6-12(7-13)17-2/h3-5,12,16H,6-8,15H2,1-2H3. The average molecular weight is 299 g/mol. The predicted octanol–water partition coefficient (Wildman–Crippen LogP) is 2.68. The van der Waals surface area contributed by atoms with Crippen LogP contribution in [0.15, 0.2) is 22.7 Å². The molecule has 1 aliphatic carbocycles. The third-order valence-electron chi connectivity index (χ3n) is 3.41. The first-order chi connectivity index (χ1) is 8.07. The van der Waals surface area contributed by atoms with E-state index in [4.69, 9.17) is 10.5 Å². The number of aryl methyl sites for hydroxylation is 1. The van der Waals surface area contributed by atoms with Crippen LogP contribution in [0.25, 0.3) is 0 Å². The lowest BCUT2D eigenvalue weighted by molar-refractivity contribution is -0.00245. The number of methoxy groups -OCH3 is 1. The van der Waals surface area contributed by atoms with E-state index < -0.39 is 0 Å². The topological polar surface area (TPSA) is 47.3 Å². The van der Waals surface area contributed by atoms with Crippen LogP contribution in [0.4, 0.5) is 5.69 Å². The number of rotatable bonds is 4. The summed E-state index contributed by atoms with van der Waals surface area (Å²) in [6.45, 7) is 2.72. The van der Waals surface area contributed by atoms with Crippen LogP contribution in [-0.4, -0.2) is 25.3 Å². The van der Waals surface area contributed by atoms with Crippen LogP contribution in [-0.2, 0) is 4.74 Å². The maximum atomic E-state index is 5.88. The fourth-order valence-electron chi connectivity index (χ4n) is 2.41. The minimum atomic E-state index is 0.00785. The van der Waals surface area contributed by atoms with Crippen molar-refractivity contribution in [2.24, 2.45) is 5.73 Å². The molecule has 3 nitrogen and oxygen atoms in total. The van der Waals surface area contributed by atoms with Crippen LogP contribution in [0, 0.1) is 6.92 Å². The largest absolute Gasteiger partial charge is 0.381 e. The molecule has 0 aromatic heterocycles. The van der Waals surface area contributed by atoms with Crippen LogP contribution in [0.2, 0.25) is 0 Å². The first kappa shape index (κ1) is 12.9. The molecule has 17 heavy (non-hydrogen) atoms. The van der Waals surface area contributed by atoms with E-state index in [2.05, 4.69) is 46.4 Å². The van der Waals surface area contributed by atoms with E-state index in [1.165, 1.54) is 5.56 Å². The van der Waals surface area contributed by atoms with Crippen LogP contribution in [0.3, 0.4) is 0 Å². The Bertz CT molecular complexity index is 382. The van der Waals surface area contributed by atoms with Crippen LogP contribution >= 0.6 is 15.9 Å². The van der Waals surface area contributed by atoms with Gasteiger partial charge in [0.15, 0.2) is 0 Å². The van der Waals surface area contributed by atoms with E-state index in [1.807, 2.05) is 0 Å². The minimum absolute atomic E-state index is 0.00785. The average Bonchev–Trinajstić information content (AvgIpc) is 2.21. The van der Waals surface area contributed by atoms with Crippen molar-refractivity contribution in [3.63, 3.8) is 0 Å². The molecule has 1 aromatic carbocycles. The summed E-state index contributed by atoms with van der Waals surface area (Å²) in [5.41, 5.74) is 8.24. The molecule has 0 atom stereocenters. The Morgan fingerprint density at radius 1 is 1.47 bits per heavy atom. The highest BCUT2D eigenvalue weighted by atomic mass is 79.9. The van der Waals surface area contributed by atoms with Gasteiger partial charge in [0, 0.05) is 23.8 Å². The lowest BCUT2D eigenvalue weighted by atomic mass is 9.74. The number of hydrogen-bond donors (Lipinski definition) is 2. The molecule has 2 rings (SSSR count). The number of nitrogens with two attached hydrogens (primary N) is 1. The van der Waals surface area contributed by atoms with E-state index in [1.54, 1.807) is 7.11 Å². The van der Waals surface area contributed by atoms with E-state index in [9.17, 15) is 0 Å². The molecule has 1 saturated carbocycles. The summed E-state index contributed by atoms with van der Waals surface area (Å²) in [4.78, 5) is 0. The van der Waals surface area contributed by atoms with Crippen molar-refractivity contribution in [1.29, 1.82) is 0 Å². The quantitative estimate of drug-likeness (QED) is 0.898. The fraction of sp³-hybridized carbons (Fsp3) is 0.538. The SMILES string of the molecule is COC1CC(CN)(Nc2cc(C)cc(Br)c2)C1. The Hall–Kier alpha value is -0.580. The molecule has 1 aliphatic rings. The number of halogens is 1. The van der Waals surface area contributed by atoms with Gasteiger partial charge < -0.3 is 15.8 Å². The zero-order chi connectivity index (χ0) is 12.5. The van der Waals surface area contributed by atoms with Crippen LogP contribution < -0.4 is 11.1 Å². The van der Waals surface area contributed by atoms with Gasteiger partial charge in [0.2, 0.25) is 0 Å². The highest BCUT2D eigenvalue weighted by Crippen LogP contribution is 2.37. The Morgan fingerprint density at radius 3 is 2.71 bits per heavy atom. The smallest absolute Gasteiger partial charge is 0.0616 e. The van der Waals surface area contributed by atoms with E-state index in [0.717, 1.165) is 23.0 Å². The lowest BCUT2D eigenvalue weighted by Gasteiger charge is -2.47. The molecule has 94 valence electrons. The summed E-state index contributed by atoms with van der Waals surface area (Å²) in [6, 6.07) is 6.33. The number of benzene rings is 1. The molecule has 0 heterocycles. The second kappa shape index (κ2) is 4.96. The molecular formula is C13H19BrN2O. The van der Waals surface area contributed by atoms with Gasteiger partial charge in [0.05, 0.1) is 11.6 Å². The third-order valence-corrected chi connectivity index (χ3v) is 3.87. The maximum Gasteiger partial charge on any atom is 0.0616 e. The maximum absolute atomic E-state index is 5.88. The predicted molar refractivity (Wildman–Crippen MR) is 74.3 cm³/mol. The highest BCUT2D eigenvalue weighted by molar-refractivity contribution is 9.10. The molecule has 1 aromatic rings. The van der Waals surface area contributed by atoms with Crippen molar-refractivity contribution in [2.75, 3.05) is 19.0 Å². The van der Waals surface area contributed by atoms with Crippen LogP contribution in [0.1, 0.15) is 18.4 Å². The monoisotopic (exact) mass is 298 g/mol. The second-order valence-corrected chi connectivity index (χ2v) is 5.81. The molecule has 0 amide bonds. The third kappa shape index (κ3) is 2.81. The Balaban J connectivity index is 2.09. The summed E-state index contributed by atoms with van der Waals surface area (Å²) in [6.07, 6.45) is 2.30. The molecule has 0 unspecified atom stereocenters. The molecule has 0 bridgehead atoms. The molecule has 0 spiro atoms. The number of nitrogens with one attached hydrogen (secondary N) is 1. The fourth-order valence-corrected chi connectivity index (χ4v) is 3.02. The Labute approximate surface area is 111 Å². The van der Waals surface area contributed by atoms with E-state index in [-0.39, 0.29) is 5.54 Å². The highest BCUT2D eigenvalue weighted by Gasteiger charge is 2.43. The van der Waals surface area contributed by atoms with Crippen molar-refractivity contribution >= 4 is 21.6 Å². The summed E-state index contributed by atoms with van der Waals surface area (Å²) in [5.74, 6) is 0. The van der Waals surface area contributed by atoms with Gasteiger partial charge in [-0.2, -0.15) is 0 Å². The molecule has 3 N–H and O–H groups in total. The normalized spacial score (nSPS) is 27.6. The molecule has 1 fully saturated rings. The first-order valence-corrected chi connectivity index (χ1v) is 6.64. The van der Waals surface area contributed by atoms with Crippen molar-refractivity contribution in [1.82, 2.24) is 0 Å². The summed E-state index contributed by atoms with van der Waals surface area (Å²) in [5, 5.41) is 3.55. The van der Waals surface area contributed by atoms with Gasteiger partial charge in [-0.3, -0.25) is 0 Å². The van der Waals surface area contributed by atoms with Gasteiger partial charge >= 0.3 is 0 Å². The van der Waals surface area contributed by atoms with E-state index in [0.29, 0.717) is 12.6 Å². The number of ether oxygens (including phenoxy) is 1. The molecule has 0 aliphatic heterocycles. The zero-order valence-electron chi connectivity index (χ0n) is 10.3. The van der Waals surface area contributed by atoms with Crippen molar-refractivity contribution in [3.8, 4) is 0 Å². The number of anilines is 1. The first-order valence-electron chi connectivity index (χ1n) is 5.85.